The number of hydrogen-bond donors (Lipinski definition) is 2. The molecule has 0 aliphatic carbocycles. The van der Waals surface area contributed by atoms with Crippen LogP contribution in [0.3, 0.4) is 0 Å². The first-order valence-electron chi connectivity index (χ1n) is 7.06. The lowest BCUT2D eigenvalue weighted by Crippen LogP contribution is -2.14. The Kier molecular flexibility index (Phi) is 4.26. The van der Waals surface area contributed by atoms with Gasteiger partial charge in [-0.05, 0) is 38.1 Å². The van der Waals surface area contributed by atoms with E-state index in [1.54, 1.807) is 26.1 Å². The third-order valence-corrected chi connectivity index (χ3v) is 3.56. The molecule has 24 heavy (non-hydrogen) atoms. The van der Waals surface area contributed by atoms with Gasteiger partial charge in [-0.15, -0.1) is 0 Å². The van der Waals surface area contributed by atoms with Crippen LogP contribution in [0, 0.1) is 19.7 Å². The molecule has 0 aliphatic heterocycles. The summed E-state index contributed by atoms with van der Waals surface area (Å²) < 4.78 is 14.0. The summed E-state index contributed by atoms with van der Waals surface area (Å²) in [5.74, 6) is 0.0904. The first kappa shape index (κ1) is 16.1. The third kappa shape index (κ3) is 3.26. The van der Waals surface area contributed by atoms with Crippen molar-refractivity contribution in [2.24, 2.45) is 0 Å². The third-order valence-electron chi connectivity index (χ3n) is 3.33. The maximum atomic E-state index is 14.0. The molecule has 2 heterocycles. The largest absolute Gasteiger partial charge is 0.335 e. The summed E-state index contributed by atoms with van der Waals surface area (Å²) in [5.41, 5.74) is 1.45. The van der Waals surface area contributed by atoms with Crippen molar-refractivity contribution in [1.29, 1.82) is 0 Å². The van der Waals surface area contributed by atoms with E-state index in [9.17, 15) is 9.18 Å². The molecule has 0 saturated heterocycles. The minimum absolute atomic E-state index is 0.172. The van der Waals surface area contributed by atoms with Crippen molar-refractivity contribution in [2.75, 3.05) is 5.32 Å². The fourth-order valence-corrected chi connectivity index (χ4v) is 2.27. The van der Waals surface area contributed by atoms with Crippen LogP contribution in [-0.2, 0) is 0 Å². The molecule has 1 aromatic carbocycles. The molecule has 3 aromatic rings. The van der Waals surface area contributed by atoms with E-state index >= 15 is 0 Å². The second kappa shape index (κ2) is 6.37. The molecule has 0 amide bonds. The van der Waals surface area contributed by atoms with E-state index in [0.29, 0.717) is 27.8 Å². The summed E-state index contributed by atoms with van der Waals surface area (Å²) in [7, 11) is 0. The van der Waals surface area contributed by atoms with Gasteiger partial charge in [0.05, 0.1) is 11.3 Å². The Morgan fingerprint density at radius 2 is 2.04 bits per heavy atom. The van der Waals surface area contributed by atoms with Crippen molar-refractivity contribution in [1.82, 2.24) is 20.2 Å². The number of aromatic nitrogens is 4. The van der Waals surface area contributed by atoms with Crippen molar-refractivity contribution in [2.45, 2.75) is 13.8 Å². The number of nitrogens with one attached hydrogen (secondary N) is 2. The van der Waals surface area contributed by atoms with Crippen LogP contribution >= 0.6 is 11.6 Å². The zero-order valence-electron chi connectivity index (χ0n) is 12.9. The van der Waals surface area contributed by atoms with Crippen LogP contribution in [0.2, 0.25) is 5.02 Å². The Morgan fingerprint density at radius 1 is 1.25 bits per heavy atom. The van der Waals surface area contributed by atoms with Crippen LogP contribution in [0.15, 0.2) is 35.3 Å². The quantitative estimate of drug-likeness (QED) is 0.760. The molecule has 0 aliphatic rings. The number of H-pyrrole nitrogens is 1. The molecule has 0 fully saturated rings. The fourth-order valence-electron chi connectivity index (χ4n) is 2.09. The number of benzene rings is 1. The smallest absolute Gasteiger partial charge is 0.287 e. The molecule has 0 saturated carbocycles. The molecule has 8 heteroatoms. The minimum atomic E-state index is -0.480. The average molecular weight is 346 g/mol. The predicted octanol–water partition coefficient (Wildman–Crippen LogP) is 3.38. The molecular weight excluding hydrogens is 333 g/mol. The summed E-state index contributed by atoms with van der Waals surface area (Å²) in [4.78, 5) is 20.3. The fraction of sp³-hybridized carbons (Fsp3) is 0.125. The summed E-state index contributed by atoms with van der Waals surface area (Å²) in [6.07, 6.45) is 1.55. The van der Waals surface area contributed by atoms with Gasteiger partial charge in [0.1, 0.15) is 17.3 Å². The number of hydrogen-bond acceptors (Lipinski definition) is 5. The first-order chi connectivity index (χ1) is 11.4. The van der Waals surface area contributed by atoms with Crippen LogP contribution in [0.25, 0.3) is 11.4 Å². The van der Waals surface area contributed by atoms with E-state index in [-0.39, 0.29) is 16.9 Å². The monoisotopic (exact) mass is 345 g/mol. The SMILES string of the molecule is Cc1cc(Nc2nc(-c3cc(Cl)ccc3F)ncc2C)c(=O)[nH]n1. The molecule has 0 radical (unpaired) electrons. The zero-order chi connectivity index (χ0) is 17.3. The normalized spacial score (nSPS) is 10.7. The number of rotatable bonds is 3. The highest BCUT2D eigenvalue weighted by atomic mass is 35.5. The van der Waals surface area contributed by atoms with Crippen LogP contribution in [0.4, 0.5) is 15.9 Å². The Hall–Kier alpha value is -2.80. The van der Waals surface area contributed by atoms with Crippen LogP contribution in [0.5, 0.6) is 0 Å². The second-order valence-electron chi connectivity index (χ2n) is 5.23. The van der Waals surface area contributed by atoms with Crippen LogP contribution in [-0.4, -0.2) is 20.2 Å². The van der Waals surface area contributed by atoms with Crippen LogP contribution in [0.1, 0.15) is 11.3 Å². The average Bonchev–Trinajstić information content (AvgIpc) is 2.55. The Labute approximate surface area is 141 Å². The molecule has 122 valence electrons. The summed E-state index contributed by atoms with van der Waals surface area (Å²) in [6, 6.07) is 5.76. The van der Waals surface area contributed by atoms with Crippen molar-refractivity contribution in [3.8, 4) is 11.4 Å². The molecule has 6 nitrogen and oxygen atoms in total. The highest BCUT2D eigenvalue weighted by Gasteiger charge is 2.12. The van der Waals surface area contributed by atoms with Gasteiger partial charge in [0.25, 0.3) is 5.56 Å². The van der Waals surface area contributed by atoms with Gasteiger partial charge < -0.3 is 5.32 Å². The molecule has 0 bridgehead atoms. The molecule has 3 rings (SSSR count). The number of aromatic amines is 1. The maximum Gasteiger partial charge on any atom is 0.287 e. The van der Waals surface area contributed by atoms with Gasteiger partial charge in [-0.2, -0.15) is 5.10 Å². The van der Waals surface area contributed by atoms with Crippen molar-refractivity contribution in [3.05, 3.63) is 62.9 Å². The van der Waals surface area contributed by atoms with E-state index in [1.807, 2.05) is 0 Å². The van der Waals surface area contributed by atoms with Gasteiger partial charge in [0.15, 0.2) is 5.82 Å². The van der Waals surface area contributed by atoms with Crippen molar-refractivity contribution in [3.63, 3.8) is 0 Å². The zero-order valence-corrected chi connectivity index (χ0v) is 13.6. The van der Waals surface area contributed by atoms with Gasteiger partial charge in [0, 0.05) is 16.8 Å². The summed E-state index contributed by atoms with van der Waals surface area (Å²) in [5, 5.41) is 9.51. The van der Waals surface area contributed by atoms with E-state index < -0.39 is 5.82 Å². The number of anilines is 2. The molecule has 0 spiro atoms. The Balaban J connectivity index is 2.05. The number of nitrogens with zero attached hydrogens (tertiary/aromatic N) is 3. The standard InChI is InChI=1S/C16H13ClFN5O/c1-8-7-19-15(11-6-10(17)3-4-12(11)18)21-14(8)20-13-5-9(2)22-23-16(13)24/h3-7H,1-2H3,(H,23,24)(H,19,20,21,22). The van der Waals surface area contributed by atoms with E-state index in [2.05, 4.69) is 25.5 Å². The van der Waals surface area contributed by atoms with E-state index in [1.165, 1.54) is 18.2 Å². The minimum Gasteiger partial charge on any atom is -0.335 e. The van der Waals surface area contributed by atoms with Crippen molar-refractivity contribution >= 4 is 23.1 Å². The molecule has 2 N–H and O–H groups in total. The lowest BCUT2D eigenvalue weighted by atomic mass is 10.2. The van der Waals surface area contributed by atoms with Crippen molar-refractivity contribution < 1.29 is 4.39 Å². The summed E-state index contributed by atoms with van der Waals surface area (Å²) >= 11 is 5.92. The highest BCUT2D eigenvalue weighted by Crippen LogP contribution is 2.25. The molecule has 0 unspecified atom stereocenters. The molecule has 0 atom stereocenters. The van der Waals surface area contributed by atoms with Gasteiger partial charge in [-0.25, -0.2) is 19.5 Å². The molecule has 2 aromatic heterocycles. The number of halogens is 2. The Morgan fingerprint density at radius 3 is 2.83 bits per heavy atom. The van der Waals surface area contributed by atoms with Crippen LogP contribution < -0.4 is 10.9 Å². The lowest BCUT2D eigenvalue weighted by molar-refractivity contribution is 0.630. The maximum absolute atomic E-state index is 14.0. The topological polar surface area (TPSA) is 83.6 Å². The van der Waals surface area contributed by atoms with Gasteiger partial charge in [-0.3, -0.25) is 4.79 Å². The number of aryl methyl sites for hydroxylation is 2. The second-order valence-corrected chi connectivity index (χ2v) is 5.66. The Bertz CT molecular complexity index is 973. The van der Waals surface area contributed by atoms with Gasteiger partial charge >= 0.3 is 0 Å². The van der Waals surface area contributed by atoms with E-state index in [0.717, 1.165) is 0 Å². The highest BCUT2D eigenvalue weighted by molar-refractivity contribution is 6.30. The molecular formula is C16H13ClFN5O. The van der Waals surface area contributed by atoms with E-state index in [4.69, 9.17) is 11.6 Å². The predicted molar refractivity (Wildman–Crippen MR) is 90.1 cm³/mol. The summed E-state index contributed by atoms with van der Waals surface area (Å²) in [6.45, 7) is 3.53. The van der Waals surface area contributed by atoms with Gasteiger partial charge in [0.2, 0.25) is 0 Å². The lowest BCUT2D eigenvalue weighted by Gasteiger charge is -2.10. The van der Waals surface area contributed by atoms with Gasteiger partial charge in [-0.1, -0.05) is 11.6 Å². The first-order valence-corrected chi connectivity index (χ1v) is 7.44.